The Morgan fingerprint density at radius 3 is 2.73 bits per heavy atom. The van der Waals surface area contributed by atoms with Gasteiger partial charge in [0.1, 0.15) is 0 Å². The van der Waals surface area contributed by atoms with E-state index in [9.17, 15) is 9.90 Å². The second-order valence-corrected chi connectivity index (χ2v) is 4.56. The summed E-state index contributed by atoms with van der Waals surface area (Å²) < 4.78 is 4.99. The highest BCUT2D eigenvalue weighted by molar-refractivity contribution is 5.78. The minimum absolute atomic E-state index is 0.334. The number of esters is 1. The van der Waals surface area contributed by atoms with Crippen molar-refractivity contribution < 1.29 is 14.6 Å². The van der Waals surface area contributed by atoms with Crippen molar-refractivity contribution in [2.45, 2.75) is 45.6 Å². The van der Waals surface area contributed by atoms with Gasteiger partial charge in [0.2, 0.25) is 0 Å². The highest BCUT2D eigenvalue weighted by Crippen LogP contribution is 2.39. The topological polar surface area (TPSA) is 46.5 Å². The van der Waals surface area contributed by atoms with E-state index in [0.717, 1.165) is 12.8 Å². The Morgan fingerprint density at radius 2 is 2.27 bits per heavy atom. The smallest absolute Gasteiger partial charge is 0.314 e. The molecule has 3 heteroatoms. The lowest BCUT2D eigenvalue weighted by atomic mass is 9.70. The van der Waals surface area contributed by atoms with E-state index in [1.54, 1.807) is 26.8 Å². The fourth-order valence-electron chi connectivity index (χ4n) is 1.86. The average Bonchev–Trinajstić information content (AvgIpc) is 2.19. The van der Waals surface area contributed by atoms with Crippen molar-refractivity contribution >= 4 is 5.97 Å². The van der Waals surface area contributed by atoms with E-state index >= 15 is 0 Å². The van der Waals surface area contributed by atoms with E-state index in [1.807, 2.05) is 6.08 Å². The van der Waals surface area contributed by atoms with Crippen LogP contribution in [0.5, 0.6) is 0 Å². The lowest BCUT2D eigenvalue weighted by Crippen LogP contribution is -2.49. The summed E-state index contributed by atoms with van der Waals surface area (Å²) in [5.74, 6) is -0.334. The molecule has 0 saturated heterocycles. The molecule has 0 radical (unpaired) electrons. The molecule has 0 saturated carbocycles. The van der Waals surface area contributed by atoms with Gasteiger partial charge in [-0.15, -0.1) is 0 Å². The van der Waals surface area contributed by atoms with Gasteiger partial charge >= 0.3 is 5.97 Å². The molecule has 1 aliphatic rings. The molecule has 1 N–H and O–H groups in total. The van der Waals surface area contributed by atoms with Crippen LogP contribution in [0, 0.1) is 5.41 Å². The summed E-state index contributed by atoms with van der Waals surface area (Å²) in [5, 5.41) is 10.4. The van der Waals surface area contributed by atoms with Crippen LogP contribution < -0.4 is 0 Å². The van der Waals surface area contributed by atoms with Crippen LogP contribution in [0.2, 0.25) is 0 Å². The number of carbonyl (C=O) groups excluding carboxylic acids is 1. The van der Waals surface area contributed by atoms with Crippen molar-refractivity contribution in [3.05, 3.63) is 12.2 Å². The zero-order chi connectivity index (χ0) is 11.5. The quantitative estimate of drug-likeness (QED) is 0.575. The normalized spacial score (nSPS) is 26.4. The molecule has 1 unspecified atom stereocenters. The maximum Gasteiger partial charge on any atom is 0.314 e. The van der Waals surface area contributed by atoms with Crippen molar-refractivity contribution in [1.29, 1.82) is 0 Å². The molecule has 0 spiro atoms. The summed E-state index contributed by atoms with van der Waals surface area (Å²) in [7, 11) is 0. The molecule has 0 bridgehead atoms. The van der Waals surface area contributed by atoms with Crippen LogP contribution in [0.25, 0.3) is 0 Å². The number of hydrogen-bond acceptors (Lipinski definition) is 3. The number of allylic oxidation sites excluding steroid dienone is 1. The van der Waals surface area contributed by atoms with Crippen LogP contribution in [-0.4, -0.2) is 23.3 Å². The molecule has 1 atom stereocenters. The van der Waals surface area contributed by atoms with Crippen LogP contribution in [0.3, 0.4) is 0 Å². The van der Waals surface area contributed by atoms with Crippen molar-refractivity contribution in [1.82, 2.24) is 0 Å². The van der Waals surface area contributed by atoms with E-state index in [0.29, 0.717) is 13.0 Å². The number of rotatable bonds is 3. The first-order chi connectivity index (χ1) is 6.94. The van der Waals surface area contributed by atoms with Gasteiger partial charge in [-0.3, -0.25) is 4.79 Å². The molecule has 0 aliphatic heterocycles. The first kappa shape index (κ1) is 12.2. The van der Waals surface area contributed by atoms with E-state index in [2.05, 4.69) is 0 Å². The fourth-order valence-corrected chi connectivity index (χ4v) is 1.86. The van der Waals surface area contributed by atoms with Crippen LogP contribution in [0.15, 0.2) is 12.2 Å². The Labute approximate surface area is 91.1 Å². The summed E-state index contributed by atoms with van der Waals surface area (Å²) in [6.07, 6.45) is 6.18. The Kier molecular flexibility index (Phi) is 3.55. The van der Waals surface area contributed by atoms with Gasteiger partial charge in [-0.2, -0.15) is 0 Å². The molecule has 0 aromatic heterocycles. The molecular weight excluding hydrogens is 192 g/mol. The van der Waals surface area contributed by atoms with Crippen LogP contribution in [-0.2, 0) is 9.53 Å². The third-order valence-electron chi connectivity index (χ3n) is 3.19. The highest BCUT2D eigenvalue weighted by Gasteiger charge is 2.48. The van der Waals surface area contributed by atoms with Gasteiger partial charge in [0.25, 0.3) is 0 Å². The van der Waals surface area contributed by atoms with Crippen LogP contribution in [0.1, 0.15) is 40.0 Å². The molecule has 3 nitrogen and oxygen atoms in total. The third-order valence-corrected chi connectivity index (χ3v) is 3.19. The van der Waals surface area contributed by atoms with Crippen molar-refractivity contribution in [3.63, 3.8) is 0 Å². The maximum absolute atomic E-state index is 11.8. The lowest BCUT2D eigenvalue weighted by molar-refractivity contribution is -0.166. The van der Waals surface area contributed by atoms with Crippen molar-refractivity contribution in [2.24, 2.45) is 5.41 Å². The number of carbonyl (C=O) groups is 1. The Morgan fingerprint density at radius 1 is 1.60 bits per heavy atom. The molecule has 0 heterocycles. The molecule has 86 valence electrons. The summed E-state index contributed by atoms with van der Waals surface area (Å²) in [6, 6.07) is 0. The molecule has 0 aromatic carbocycles. The molecule has 1 aliphatic carbocycles. The first-order valence-corrected chi connectivity index (χ1v) is 5.51. The van der Waals surface area contributed by atoms with Gasteiger partial charge in [-0.1, -0.05) is 12.2 Å². The largest absolute Gasteiger partial charge is 0.465 e. The van der Waals surface area contributed by atoms with Gasteiger partial charge in [-0.25, -0.2) is 0 Å². The summed E-state index contributed by atoms with van der Waals surface area (Å²) in [4.78, 5) is 11.8. The third kappa shape index (κ3) is 2.23. The minimum atomic E-state index is -1.06. The molecule has 0 amide bonds. The predicted molar refractivity (Wildman–Crippen MR) is 58.4 cm³/mol. The standard InChI is InChI=1S/C12H20O3/c1-4-15-10(13)11(2,3)12(14)8-6-5-7-9-12/h6,8,14H,4-5,7,9H2,1-3H3. The Bertz CT molecular complexity index is 268. The van der Waals surface area contributed by atoms with E-state index < -0.39 is 11.0 Å². The molecule has 1 rings (SSSR count). The van der Waals surface area contributed by atoms with Crippen LogP contribution in [0.4, 0.5) is 0 Å². The lowest BCUT2D eigenvalue weighted by Gasteiger charge is -2.40. The SMILES string of the molecule is CCOC(=O)C(C)(C)C1(O)C=CCCC1. The molecule has 15 heavy (non-hydrogen) atoms. The van der Waals surface area contributed by atoms with Gasteiger partial charge in [-0.05, 0) is 40.0 Å². The van der Waals surface area contributed by atoms with Crippen molar-refractivity contribution in [2.75, 3.05) is 6.61 Å². The monoisotopic (exact) mass is 212 g/mol. The highest BCUT2D eigenvalue weighted by atomic mass is 16.5. The Balaban J connectivity index is 2.87. The number of ether oxygens (including phenoxy) is 1. The molecule has 0 aromatic rings. The van der Waals surface area contributed by atoms with Gasteiger partial charge in [0.05, 0.1) is 17.6 Å². The second kappa shape index (κ2) is 4.35. The van der Waals surface area contributed by atoms with Gasteiger partial charge < -0.3 is 9.84 Å². The predicted octanol–water partition coefficient (Wildman–Crippen LogP) is 2.05. The summed E-state index contributed by atoms with van der Waals surface area (Å²) >= 11 is 0. The van der Waals surface area contributed by atoms with Crippen LogP contribution >= 0.6 is 0 Å². The van der Waals surface area contributed by atoms with Gasteiger partial charge in [0.15, 0.2) is 0 Å². The first-order valence-electron chi connectivity index (χ1n) is 5.51. The maximum atomic E-state index is 11.8. The summed E-state index contributed by atoms with van der Waals surface area (Å²) in [6.45, 7) is 5.60. The summed E-state index contributed by atoms with van der Waals surface area (Å²) in [5.41, 5.74) is -1.93. The fraction of sp³-hybridized carbons (Fsp3) is 0.750. The molecule has 0 fully saturated rings. The molecular formula is C12H20O3. The number of hydrogen-bond donors (Lipinski definition) is 1. The Hall–Kier alpha value is -0.830. The van der Waals surface area contributed by atoms with E-state index in [-0.39, 0.29) is 5.97 Å². The van der Waals surface area contributed by atoms with E-state index in [4.69, 9.17) is 4.74 Å². The second-order valence-electron chi connectivity index (χ2n) is 4.56. The average molecular weight is 212 g/mol. The van der Waals surface area contributed by atoms with Crippen molar-refractivity contribution in [3.8, 4) is 0 Å². The zero-order valence-electron chi connectivity index (χ0n) is 9.75. The van der Waals surface area contributed by atoms with Gasteiger partial charge in [0, 0.05) is 0 Å². The van der Waals surface area contributed by atoms with E-state index in [1.165, 1.54) is 0 Å². The zero-order valence-corrected chi connectivity index (χ0v) is 9.75. The minimum Gasteiger partial charge on any atom is -0.465 e. The number of aliphatic hydroxyl groups is 1.